The van der Waals surface area contributed by atoms with Crippen LogP contribution in [0, 0.1) is 6.92 Å². The van der Waals surface area contributed by atoms with E-state index in [0.717, 1.165) is 27.8 Å². The lowest BCUT2D eigenvalue weighted by atomic mass is 10.2. The minimum Gasteiger partial charge on any atom is -0.338 e. The first-order valence-electron chi connectivity index (χ1n) is 10.4. The Hall–Kier alpha value is -3.43. The fourth-order valence-electron chi connectivity index (χ4n) is 3.33. The molecule has 0 saturated carbocycles. The molecular formula is C24H22N4O3S2. The van der Waals surface area contributed by atoms with Crippen LogP contribution in [0.1, 0.15) is 12.5 Å². The van der Waals surface area contributed by atoms with E-state index < -0.39 is 11.9 Å². The van der Waals surface area contributed by atoms with Crippen molar-refractivity contribution in [3.8, 4) is 16.1 Å². The average Bonchev–Trinajstić information content (AvgIpc) is 3.24. The number of aromatic nitrogens is 2. The molecule has 0 bridgehead atoms. The lowest BCUT2D eigenvalue weighted by Gasteiger charge is -2.14. The molecule has 0 unspecified atom stereocenters. The molecular weight excluding hydrogens is 456 g/mol. The summed E-state index contributed by atoms with van der Waals surface area (Å²) in [5.41, 5.74) is 2.43. The average molecular weight is 479 g/mol. The van der Waals surface area contributed by atoms with Crippen molar-refractivity contribution in [2.45, 2.75) is 19.0 Å². The number of para-hydroxylation sites is 1. The first kappa shape index (κ1) is 22.8. The van der Waals surface area contributed by atoms with Gasteiger partial charge in [0, 0.05) is 11.4 Å². The number of carbonyl (C=O) groups excluding carboxylic acids is 2. The number of carbonyl (C=O) groups is 2. The Morgan fingerprint density at radius 1 is 1.09 bits per heavy atom. The number of benzene rings is 2. The number of thiophene rings is 1. The molecule has 2 N–H and O–H groups in total. The number of fused-ring (bicyclic) bond motifs is 1. The SMILES string of the molecule is CCNC(=O)NC(=O)CSc1nc2sc(-c3ccccc3)cc2c(=O)n1-c1ccccc1C. The molecule has 0 aliphatic heterocycles. The third kappa shape index (κ3) is 4.99. The Morgan fingerprint density at radius 2 is 1.82 bits per heavy atom. The van der Waals surface area contributed by atoms with Crippen LogP contribution in [-0.2, 0) is 4.79 Å². The Morgan fingerprint density at radius 3 is 2.55 bits per heavy atom. The van der Waals surface area contributed by atoms with Gasteiger partial charge in [-0.1, -0.05) is 60.3 Å². The zero-order valence-corrected chi connectivity index (χ0v) is 19.8. The summed E-state index contributed by atoms with van der Waals surface area (Å²) in [7, 11) is 0. The van der Waals surface area contributed by atoms with Crippen molar-refractivity contribution in [2.75, 3.05) is 12.3 Å². The van der Waals surface area contributed by atoms with Gasteiger partial charge in [-0.15, -0.1) is 11.3 Å². The molecule has 0 fully saturated rings. The highest BCUT2D eigenvalue weighted by atomic mass is 32.2. The van der Waals surface area contributed by atoms with Gasteiger partial charge in [0.05, 0.1) is 16.8 Å². The van der Waals surface area contributed by atoms with Crippen LogP contribution in [-0.4, -0.2) is 33.8 Å². The van der Waals surface area contributed by atoms with Gasteiger partial charge in [-0.2, -0.15) is 0 Å². The van der Waals surface area contributed by atoms with Crippen LogP contribution in [0.3, 0.4) is 0 Å². The van der Waals surface area contributed by atoms with Gasteiger partial charge in [-0.25, -0.2) is 9.78 Å². The standard InChI is InChI=1S/C24H22N4O3S2/c1-3-25-23(31)26-20(29)14-32-24-27-21-17(13-19(33-21)16-10-5-4-6-11-16)22(30)28(24)18-12-8-7-9-15(18)2/h4-13H,3,14H2,1-2H3,(H2,25,26,29,31). The first-order valence-corrected chi connectivity index (χ1v) is 12.2. The number of rotatable bonds is 6. The molecule has 4 rings (SSSR count). The summed E-state index contributed by atoms with van der Waals surface area (Å²) >= 11 is 2.56. The number of aryl methyl sites for hydroxylation is 1. The second kappa shape index (κ2) is 10.0. The van der Waals surface area contributed by atoms with E-state index >= 15 is 0 Å². The third-order valence-electron chi connectivity index (χ3n) is 4.87. The molecule has 0 aliphatic carbocycles. The molecule has 7 nitrogen and oxygen atoms in total. The van der Waals surface area contributed by atoms with Crippen LogP contribution in [0.15, 0.2) is 70.6 Å². The first-order chi connectivity index (χ1) is 16.0. The number of hydrogen-bond donors (Lipinski definition) is 2. The molecule has 168 valence electrons. The van der Waals surface area contributed by atoms with Gasteiger partial charge < -0.3 is 5.32 Å². The maximum absolute atomic E-state index is 13.6. The fraction of sp³-hybridized carbons (Fsp3) is 0.167. The Kier molecular flexibility index (Phi) is 6.90. The maximum Gasteiger partial charge on any atom is 0.321 e. The van der Waals surface area contributed by atoms with E-state index in [0.29, 0.717) is 27.6 Å². The largest absolute Gasteiger partial charge is 0.338 e. The van der Waals surface area contributed by atoms with Gasteiger partial charge in [-0.3, -0.25) is 19.5 Å². The zero-order valence-electron chi connectivity index (χ0n) is 18.1. The molecule has 0 aliphatic rings. The van der Waals surface area contributed by atoms with Crippen LogP contribution >= 0.6 is 23.1 Å². The van der Waals surface area contributed by atoms with Crippen molar-refractivity contribution in [3.05, 3.63) is 76.6 Å². The van der Waals surface area contributed by atoms with Crippen LogP contribution in [0.4, 0.5) is 4.79 Å². The highest BCUT2D eigenvalue weighted by Gasteiger charge is 2.19. The number of amides is 3. The maximum atomic E-state index is 13.6. The molecule has 3 amide bonds. The van der Waals surface area contributed by atoms with Gasteiger partial charge in [0.2, 0.25) is 5.91 Å². The Labute approximate surface area is 198 Å². The van der Waals surface area contributed by atoms with Crippen molar-refractivity contribution in [1.29, 1.82) is 0 Å². The van der Waals surface area contributed by atoms with Gasteiger partial charge >= 0.3 is 6.03 Å². The van der Waals surface area contributed by atoms with E-state index in [-0.39, 0.29) is 11.3 Å². The van der Waals surface area contributed by atoms with Crippen molar-refractivity contribution >= 4 is 45.3 Å². The summed E-state index contributed by atoms with van der Waals surface area (Å²) in [6, 6.07) is 18.7. The molecule has 0 atom stereocenters. The summed E-state index contributed by atoms with van der Waals surface area (Å²) in [5, 5.41) is 5.72. The quantitative estimate of drug-likeness (QED) is 0.317. The molecule has 2 aromatic carbocycles. The fourth-order valence-corrected chi connectivity index (χ4v) is 5.21. The van der Waals surface area contributed by atoms with Gasteiger partial charge in [-0.05, 0) is 37.1 Å². The number of nitrogens with one attached hydrogen (secondary N) is 2. The normalized spacial score (nSPS) is 10.8. The van der Waals surface area contributed by atoms with E-state index in [1.165, 1.54) is 11.3 Å². The summed E-state index contributed by atoms with van der Waals surface area (Å²) in [5.74, 6) is -0.523. The van der Waals surface area contributed by atoms with Gasteiger partial charge in [0.25, 0.3) is 5.56 Å². The second-order valence-electron chi connectivity index (χ2n) is 7.21. The molecule has 2 aromatic heterocycles. The third-order valence-corrected chi connectivity index (χ3v) is 6.89. The van der Waals surface area contributed by atoms with Crippen LogP contribution in [0.5, 0.6) is 0 Å². The molecule has 4 aromatic rings. The topological polar surface area (TPSA) is 93.1 Å². The smallest absolute Gasteiger partial charge is 0.321 e. The van der Waals surface area contributed by atoms with Crippen molar-refractivity contribution in [3.63, 3.8) is 0 Å². The lowest BCUT2D eigenvalue weighted by molar-refractivity contribution is -0.117. The molecule has 9 heteroatoms. The molecule has 0 radical (unpaired) electrons. The Bertz CT molecular complexity index is 1380. The van der Waals surface area contributed by atoms with Crippen molar-refractivity contribution < 1.29 is 9.59 Å². The van der Waals surface area contributed by atoms with Crippen LogP contribution in [0.2, 0.25) is 0 Å². The summed E-state index contributed by atoms with van der Waals surface area (Å²) in [6.45, 7) is 4.11. The van der Waals surface area contributed by atoms with E-state index in [9.17, 15) is 14.4 Å². The van der Waals surface area contributed by atoms with E-state index in [1.807, 2.05) is 67.6 Å². The highest BCUT2D eigenvalue weighted by Crippen LogP contribution is 2.33. The minimum atomic E-state index is -0.548. The van der Waals surface area contributed by atoms with Crippen LogP contribution in [0.25, 0.3) is 26.3 Å². The number of imide groups is 1. The van der Waals surface area contributed by atoms with Gasteiger partial charge in [0.15, 0.2) is 5.16 Å². The van der Waals surface area contributed by atoms with Gasteiger partial charge in [0.1, 0.15) is 4.83 Å². The molecule has 33 heavy (non-hydrogen) atoms. The monoisotopic (exact) mass is 478 g/mol. The summed E-state index contributed by atoms with van der Waals surface area (Å²) in [4.78, 5) is 43.8. The lowest BCUT2D eigenvalue weighted by Crippen LogP contribution is -2.40. The number of nitrogens with zero attached hydrogens (tertiary/aromatic N) is 2. The number of thioether (sulfide) groups is 1. The molecule has 0 spiro atoms. The zero-order chi connectivity index (χ0) is 23.4. The second-order valence-corrected chi connectivity index (χ2v) is 9.19. The van der Waals surface area contributed by atoms with Crippen molar-refractivity contribution in [1.82, 2.24) is 20.2 Å². The number of urea groups is 1. The Balaban J connectivity index is 1.77. The minimum absolute atomic E-state index is 0.0577. The molecule has 0 saturated heterocycles. The number of hydrogen-bond acceptors (Lipinski definition) is 6. The predicted octanol–water partition coefficient (Wildman–Crippen LogP) is 4.36. The van der Waals surface area contributed by atoms with E-state index in [4.69, 9.17) is 4.98 Å². The van der Waals surface area contributed by atoms with Crippen molar-refractivity contribution in [2.24, 2.45) is 0 Å². The van der Waals surface area contributed by atoms with E-state index in [1.54, 1.807) is 11.5 Å². The van der Waals surface area contributed by atoms with E-state index in [2.05, 4.69) is 10.6 Å². The van der Waals surface area contributed by atoms with Crippen LogP contribution < -0.4 is 16.2 Å². The highest BCUT2D eigenvalue weighted by molar-refractivity contribution is 7.99. The predicted molar refractivity (Wildman–Crippen MR) is 133 cm³/mol. The summed E-state index contributed by atoms with van der Waals surface area (Å²) in [6.07, 6.45) is 0. The summed E-state index contributed by atoms with van der Waals surface area (Å²) < 4.78 is 1.54. The molecule has 2 heterocycles.